The van der Waals surface area contributed by atoms with E-state index < -0.39 is 20.0 Å². The second-order valence-electron chi connectivity index (χ2n) is 4.14. The third-order valence-corrected chi connectivity index (χ3v) is 5.22. The van der Waals surface area contributed by atoms with Crippen molar-refractivity contribution in [2.45, 2.75) is 18.1 Å². The summed E-state index contributed by atoms with van der Waals surface area (Å²) in [6, 6.07) is 2.80. The van der Waals surface area contributed by atoms with Crippen molar-refractivity contribution < 1.29 is 13.3 Å². The van der Waals surface area contributed by atoms with E-state index in [0.29, 0.717) is 12.8 Å². The van der Waals surface area contributed by atoms with Gasteiger partial charge in [-0.1, -0.05) is 0 Å². The van der Waals surface area contributed by atoms with E-state index in [1.54, 1.807) is 0 Å². The van der Waals surface area contributed by atoms with Crippen molar-refractivity contribution >= 4 is 21.3 Å². The molecule has 18 heavy (non-hydrogen) atoms. The van der Waals surface area contributed by atoms with Gasteiger partial charge in [-0.15, -0.1) is 0 Å². The third-order valence-electron chi connectivity index (χ3n) is 2.94. The number of rotatable bonds is 4. The molecule has 2 heterocycles. The molecule has 7 nitrogen and oxygen atoms in total. The van der Waals surface area contributed by atoms with E-state index in [0.717, 1.165) is 0 Å². The van der Waals surface area contributed by atoms with Crippen LogP contribution in [-0.2, 0) is 9.84 Å². The number of hydrogen-bond acceptors (Lipinski definition) is 6. The standard InChI is InChI=1S/C10H13N3O4S/c14-13(15)9-4-1-5-11-10(9)12-7-8-3-2-6-18(8,16)17/h1,4-5,8H,2-3,6-7H2,(H,11,12). The minimum absolute atomic E-state index is 0.115. The number of nitro groups is 1. The van der Waals surface area contributed by atoms with Crippen molar-refractivity contribution in [3.8, 4) is 0 Å². The lowest BCUT2D eigenvalue weighted by Crippen LogP contribution is -2.25. The van der Waals surface area contributed by atoms with Crippen LogP contribution in [0, 0.1) is 10.1 Å². The average molecular weight is 271 g/mol. The van der Waals surface area contributed by atoms with Crippen LogP contribution in [0.15, 0.2) is 18.3 Å². The van der Waals surface area contributed by atoms with Gasteiger partial charge in [0.15, 0.2) is 9.84 Å². The van der Waals surface area contributed by atoms with Crippen LogP contribution in [0.1, 0.15) is 12.8 Å². The predicted octanol–water partition coefficient (Wildman–Crippen LogP) is 0.979. The average Bonchev–Trinajstić information content (AvgIpc) is 2.66. The van der Waals surface area contributed by atoms with Crippen molar-refractivity contribution in [1.82, 2.24) is 4.98 Å². The van der Waals surface area contributed by atoms with Gasteiger partial charge in [0.05, 0.1) is 15.9 Å². The molecule has 0 bridgehead atoms. The van der Waals surface area contributed by atoms with Crippen LogP contribution in [0.3, 0.4) is 0 Å². The number of nitrogens with one attached hydrogen (secondary N) is 1. The molecule has 1 saturated heterocycles. The Balaban J connectivity index is 2.09. The van der Waals surface area contributed by atoms with Gasteiger partial charge in [0, 0.05) is 18.8 Å². The summed E-state index contributed by atoms with van der Waals surface area (Å²) >= 11 is 0. The largest absolute Gasteiger partial charge is 0.363 e. The molecule has 1 aliphatic rings. The molecule has 2 rings (SSSR count). The molecule has 1 unspecified atom stereocenters. The van der Waals surface area contributed by atoms with Gasteiger partial charge in [-0.2, -0.15) is 0 Å². The summed E-state index contributed by atoms with van der Waals surface area (Å²) in [6.45, 7) is 0.167. The number of hydrogen-bond donors (Lipinski definition) is 1. The zero-order valence-electron chi connectivity index (χ0n) is 9.57. The van der Waals surface area contributed by atoms with E-state index in [1.807, 2.05) is 0 Å². The Kier molecular flexibility index (Phi) is 3.46. The Morgan fingerprint density at radius 1 is 1.56 bits per heavy atom. The van der Waals surface area contributed by atoms with Gasteiger partial charge in [-0.3, -0.25) is 10.1 Å². The Hall–Kier alpha value is -1.70. The molecule has 0 spiro atoms. The SMILES string of the molecule is O=[N+]([O-])c1cccnc1NCC1CCCS1(=O)=O. The Morgan fingerprint density at radius 2 is 2.33 bits per heavy atom. The van der Waals surface area contributed by atoms with E-state index in [4.69, 9.17) is 0 Å². The second-order valence-corrected chi connectivity index (χ2v) is 6.54. The fourth-order valence-corrected chi connectivity index (χ4v) is 3.74. The zero-order chi connectivity index (χ0) is 13.2. The van der Waals surface area contributed by atoms with Gasteiger partial charge in [0.2, 0.25) is 5.82 Å². The van der Waals surface area contributed by atoms with Crippen LogP contribution in [-0.4, -0.2) is 35.9 Å². The van der Waals surface area contributed by atoms with E-state index >= 15 is 0 Å². The van der Waals surface area contributed by atoms with Crippen LogP contribution in [0.4, 0.5) is 11.5 Å². The lowest BCUT2D eigenvalue weighted by atomic mass is 10.2. The minimum Gasteiger partial charge on any atom is -0.363 e. The molecule has 1 aromatic rings. The molecule has 1 aliphatic heterocycles. The summed E-state index contributed by atoms with van der Waals surface area (Å²) in [4.78, 5) is 14.1. The topological polar surface area (TPSA) is 102 Å². The smallest absolute Gasteiger partial charge is 0.311 e. The number of anilines is 1. The normalized spacial score (nSPS) is 21.7. The van der Waals surface area contributed by atoms with E-state index in [9.17, 15) is 18.5 Å². The van der Waals surface area contributed by atoms with Gasteiger partial charge in [0.1, 0.15) is 0 Å². The van der Waals surface area contributed by atoms with Crippen molar-refractivity contribution in [1.29, 1.82) is 0 Å². The maximum Gasteiger partial charge on any atom is 0.311 e. The number of aromatic nitrogens is 1. The first kappa shape index (κ1) is 12.7. The van der Waals surface area contributed by atoms with Crippen LogP contribution in [0.2, 0.25) is 0 Å². The first-order valence-corrected chi connectivity index (χ1v) is 7.27. The molecular formula is C10H13N3O4S. The molecule has 1 N–H and O–H groups in total. The highest BCUT2D eigenvalue weighted by Crippen LogP contribution is 2.23. The summed E-state index contributed by atoms with van der Waals surface area (Å²) in [7, 11) is -3.05. The maximum absolute atomic E-state index is 11.6. The molecular weight excluding hydrogens is 258 g/mol. The Bertz CT molecular complexity index is 558. The molecule has 1 atom stereocenters. The highest BCUT2D eigenvalue weighted by Gasteiger charge is 2.31. The maximum atomic E-state index is 11.6. The quantitative estimate of drug-likeness (QED) is 0.647. The first-order valence-electron chi connectivity index (χ1n) is 5.55. The monoisotopic (exact) mass is 271 g/mol. The van der Waals surface area contributed by atoms with Gasteiger partial charge >= 0.3 is 5.69 Å². The van der Waals surface area contributed by atoms with Crippen LogP contribution in [0.5, 0.6) is 0 Å². The number of pyridine rings is 1. The fraction of sp³-hybridized carbons (Fsp3) is 0.500. The summed E-state index contributed by atoms with van der Waals surface area (Å²) in [5.74, 6) is 0.313. The van der Waals surface area contributed by atoms with E-state index in [-0.39, 0.29) is 23.8 Å². The minimum atomic E-state index is -3.05. The Morgan fingerprint density at radius 3 is 2.94 bits per heavy atom. The molecule has 98 valence electrons. The molecule has 0 amide bonds. The van der Waals surface area contributed by atoms with Gasteiger partial charge < -0.3 is 5.32 Å². The second kappa shape index (κ2) is 4.89. The molecule has 0 saturated carbocycles. The van der Waals surface area contributed by atoms with E-state index in [1.165, 1.54) is 18.3 Å². The lowest BCUT2D eigenvalue weighted by Gasteiger charge is -2.10. The number of nitrogens with zero attached hydrogens (tertiary/aromatic N) is 2. The zero-order valence-corrected chi connectivity index (χ0v) is 10.4. The molecule has 0 aromatic carbocycles. The third kappa shape index (κ3) is 2.58. The molecule has 1 fully saturated rings. The van der Waals surface area contributed by atoms with Gasteiger partial charge in [-0.05, 0) is 18.9 Å². The molecule has 8 heteroatoms. The van der Waals surface area contributed by atoms with Crippen LogP contribution in [0.25, 0.3) is 0 Å². The van der Waals surface area contributed by atoms with Gasteiger partial charge in [-0.25, -0.2) is 13.4 Å². The summed E-state index contributed by atoms with van der Waals surface area (Å²) < 4.78 is 23.2. The fourth-order valence-electron chi connectivity index (χ4n) is 1.98. The summed E-state index contributed by atoms with van der Waals surface area (Å²) in [5.41, 5.74) is -0.145. The highest BCUT2D eigenvalue weighted by atomic mass is 32.2. The van der Waals surface area contributed by atoms with Crippen molar-refractivity contribution in [3.05, 3.63) is 28.4 Å². The van der Waals surface area contributed by atoms with Gasteiger partial charge in [0.25, 0.3) is 0 Å². The van der Waals surface area contributed by atoms with Crippen molar-refractivity contribution in [2.24, 2.45) is 0 Å². The molecule has 1 aromatic heterocycles. The lowest BCUT2D eigenvalue weighted by molar-refractivity contribution is -0.384. The number of sulfone groups is 1. The Labute approximate surface area is 104 Å². The first-order chi connectivity index (χ1) is 8.50. The van der Waals surface area contributed by atoms with E-state index in [2.05, 4.69) is 10.3 Å². The molecule has 0 aliphatic carbocycles. The summed E-state index contributed by atoms with van der Waals surface area (Å²) in [6.07, 6.45) is 2.67. The van der Waals surface area contributed by atoms with Crippen molar-refractivity contribution in [2.75, 3.05) is 17.6 Å². The predicted molar refractivity (Wildman–Crippen MR) is 66.2 cm³/mol. The highest BCUT2D eigenvalue weighted by molar-refractivity contribution is 7.92. The molecule has 0 radical (unpaired) electrons. The van der Waals surface area contributed by atoms with Crippen LogP contribution >= 0.6 is 0 Å². The summed E-state index contributed by atoms with van der Waals surface area (Å²) in [5, 5.41) is 13.0. The van der Waals surface area contributed by atoms with Crippen LogP contribution < -0.4 is 5.32 Å². The van der Waals surface area contributed by atoms with Crippen molar-refractivity contribution in [3.63, 3.8) is 0 Å².